The maximum absolute atomic E-state index is 11.0. The molecule has 0 aliphatic carbocycles. The van der Waals surface area contributed by atoms with E-state index < -0.39 is 0 Å². The molecule has 0 heterocycles. The molecule has 0 aliphatic heterocycles. The van der Waals surface area contributed by atoms with Crippen molar-refractivity contribution in [2.75, 3.05) is 34.3 Å². The number of methoxy groups -OCH3 is 1. The first-order valence-corrected chi connectivity index (χ1v) is 12.9. The van der Waals surface area contributed by atoms with Crippen LogP contribution in [0.3, 0.4) is 0 Å². The summed E-state index contributed by atoms with van der Waals surface area (Å²) in [6.07, 6.45) is 25.1. The molecule has 0 radical (unpaired) electrons. The molecular weight excluding hydrogens is 394 g/mol. The van der Waals surface area contributed by atoms with E-state index in [2.05, 4.69) is 25.8 Å². The van der Waals surface area contributed by atoms with Crippen molar-refractivity contribution in [3.63, 3.8) is 0 Å². The van der Waals surface area contributed by atoms with Gasteiger partial charge in [0, 0.05) is 6.42 Å². The summed E-state index contributed by atoms with van der Waals surface area (Å²) < 4.78 is 5.87. The fourth-order valence-corrected chi connectivity index (χ4v) is 4.11. The average molecular weight is 448 g/mol. The number of carbonyl (C=O) groups is 1. The van der Waals surface area contributed by atoms with E-state index in [1.54, 1.807) is 0 Å². The van der Waals surface area contributed by atoms with Gasteiger partial charge in [-0.25, -0.2) is 0 Å². The summed E-state index contributed by atoms with van der Waals surface area (Å²) in [4.78, 5) is 11.0. The number of unbranched alkanes of at least 4 members (excludes halogenated alkanes) is 16. The minimum Gasteiger partial charge on any atom is -1.00 e. The molecule has 0 saturated heterocycles. The smallest absolute Gasteiger partial charge is 0.305 e. The van der Waals surface area contributed by atoms with E-state index in [1.807, 2.05) is 0 Å². The molecular formula is C26H54ClNO2. The Labute approximate surface area is 195 Å². The number of ether oxygens (including phenoxy) is 1. The number of esters is 1. The van der Waals surface area contributed by atoms with Crippen molar-refractivity contribution in [2.45, 2.75) is 129 Å². The first-order chi connectivity index (χ1) is 14.0. The van der Waals surface area contributed by atoms with E-state index in [0.717, 1.165) is 12.8 Å². The predicted octanol–water partition coefficient (Wildman–Crippen LogP) is 4.67. The third-order valence-electron chi connectivity index (χ3n) is 6.24. The van der Waals surface area contributed by atoms with E-state index in [-0.39, 0.29) is 18.4 Å². The Kier molecular flexibility index (Phi) is 24.9. The second-order valence-corrected chi connectivity index (χ2v) is 9.72. The zero-order valence-corrected chi connectivity index (χ0v) is 21.7. The Balaban J connectivity index is 0. The Bertz CT molecular complexity index is 361. The second-order valence-electron chi connectivity index (χ2n) is 9.72. The number of nitrogens with zero attached hydrogens (tertiary/aromatic N) is 1. The van der Waals surface area contributed by atoms with Crippen LogP contribution in [0.4, 0.5) is 0 Å². The highest BCUT2D eigenvalue weighted by molar-refractivity contribution is 5.68. The summed E-state index contributed by atoms with van der Waals surface area (Å²) >= 11 is 0. The first kappa shape index (κ1) is 31.9. The van der Waals surface area contributed by atoms with Gasteiger partial charge >= 0.3 is 5.97 Å². The Morgan fingerprint density at radius 3 is 1.30 bits per heavy atom. The first-order valence-electron chi connectivity index (χ1n) is 12.9. The van der Waals surface area contributed by atoms with Crippen LogP contribution in [0, 0.1) is 0 Å². The van der Waals surface area contributed by atoms with Crippen LogP contribution in [-0.2, 0) is 9.53 Å². The van der Waals surface area contributed by atoms with Crippen molar-refractivity contribution in [3.8, 4) is 0 Å². The molecule has 0 amide bonds. The topological polar surface area (TPSA) is 26.3 Å². The van der Waals surface area contributed by atoms with Crippen molar-refractivity contribution in [3.05, 3.63) is 0 Å². The summed E-state index contributed by atoms with van der Waals surface area (Å²) in [6.45, 7) is 4.97. The van der Waals surface area contributed by atoms with Gasteiger partial charge in [-0.2, -0.15) is 0 Å². The zero-order valence-electron chi connectivity index (χ0n) is 21.0. The van der Waals surface area contributed by atoms with Gasteiger partial charge in [0.15, 0.2) is 0 Å². The van der Waals surface area contributed by atoms with Crippen molar-refractivity contribution in [2.24, 2.45) is 0 Å². The summed E-state index contributed by atoms with van der Waals surface area (Å²) in [6, 6.07) is 0. The predicted molar refractivity (Wildman–Crippen MR) is 127 cm³/mol. The monoisotopic (exact) mass is 447 g/mol. The van der Waals surface area contributed by atoms with E-state index in [0.29, 0.717) is 6.42 Å². The summed E-state index contributed by atoms with van der Waals surface area (Å²) in [7, 11) is 6.30. The van der Waals surface area contributed by atoms with Gasteiger partial charge in [-0.05, 0) is 32.1 Å². The number of carbonyl (C=O) groups excluding carboxylic acids is 1. The van der Waals surface area contributed by atoms with Crippen molar-refractivity contribution in [1.29, 1.82) is 0 Å². The number of quaternary nitrogens is 1. The van der Waals surface area contributed by atoms with Gasteiger partial charge in [0.05, 0.1) is 34.3 Å². The minimum absolute atomic E-state index is 0. The Morgan fingerprint density at radius 2 is 0.933 bits per heavy atom. The largest absolute Gasteiger partial charge is 1.00 e. The van der Waals surface area contributed by atoms with Crippen LogP contribution in [0.25, 0.3) is 0 Å². The molecule has 0 N–H and O–H groups in total. The van der Waals surface area contributed by atoms with Crippen LogP contribution >= 0.6 is 0 Å². The number of halogens is 1. The lowest BCUT2D eigenvalue weighted by atomic mass is 10.1. The molecule has 0 atom stereocenters. The van der Waals surface area contributed by atoms with E-state index in [9.17, 15) is 4.79 Å². The standard InChI is InChI=1S/C26H54NO2.ClH/c1-5-6-7-8-9-10-12-15-18-21-24-27(2,3)25-22-19-16-13-11-14-17-20-23-26(28)29-4;/h5-25H2,1-4H3;1H/q+1;/p-1. The molecule has 0 saturated carbocycles. The van der Waals surface area contributed by atoms with E-state index in [4.69, 9.17) is 0 Å². The molecule has 0 fully saturated rings. The molecule has 0 aromatic heterocycles. The van der Waals surface area contributed by atoms with Crippen molar-refractivity contribution < 1.29 is 26.4 Å². The molecule has 4 heteroatoms. The lowest BCUT2D eigenvalue weighted by molar-refractivity contribution is -0.890. The van der Waals surface area contributed by atoms with Gasteiger partial charge in [-0.1, -0.05) is 90.4 Å². The van der Waals surface area contributed by atoms with Crippen LogP contribution in [-0.4, -0.2) is 44.7 Å². The average Bonchev–Trinajstić information content (AvgIpc) is 2.70. The Morgan fingerprint density at radius 1 is 0.600 bits per heavy atom. The summed E-state index contributed by atoms with van der Waals surface area (Å²) in [5.74, 6) is -0.0662. The van der Waals surface area contributed by atoms with Crippen LogP contribution in [0.2, 0.25) is 0 Å². The maximum atomic E-state index is 11.0. The third kappa shape index (κ3) is 24.0. The molecule has 0 aromatic carbocycles. The Hall–Kier alpha value is -0.280. The lowest BCUT2D eigenvalue weighted by Crippen LogP contribution is -3.00. The van der Waals surface area contributed by atoms with Gasteiger partial charge in [0.2, 0.25) is 0 Å². The second kappa shape index (κ2) is 23.4. The van der Waals surface area contributed by atoms with Crippen LogP contribution in [0.1, 0.15) is 129 Å². The highest BCUT2D eigenvalue weighted by Gasteiger charge is 2.13. The molecule has 0 unspecified atom stereocenters. The van der Waals surface area contributed by atoms with Crippen LogP contribution in [0.15, 0.2) is 0 Å². The molecule has 0 aromatic rings. The van der Waals surface area contributed by atoms with Crippen molar-refractivity contribution in [1.82, 2.24) is 0 Å². The van der Waals surface area contributed by atoms with Gasteiger partial charge < -0.3 is 21.6 Å². The fraction of sp³-hybridized carbons (Fsp3) is 0.962. The third-order valence-corrected chi connectivity index (χ3v) is 6.24. The SMILES string of the molecule is CCCCCCCCCCCC[N+](C)(C)CCCCCCCCCCC(=O)OC.[Cl-]. The molecule has 3 nitrogen and oxygen atoms in total. The quantitative estimate of drug-likeness (QED) is 0.137. The molecule has 0 spiro atoms. The molecule has 0 aliphatic rings. The number of hydrogen-bond donors (Lipinski definition) is 0. The molecule has 0 rings (SSSR count). The fourth-order valence-electron chi connectivity index (χ4n) is 4.11. The molecule has 30 heavy (non-hydrogen) atoms. The highest BCUT2D eigenvalue weighted by Crippen LogP contribution is 2.14. The maximum Gasteiger partial charge on any atom is 0.305 e. The van der Waals surface area contributed by atoms with Gasteiger partial charge in [0.1, 0.15) is 0 Å². The zero-order chi connectivity index (χ0) is 21.6. The summed E-state index contributed by atoms with van der Waals surface area (Å²) in [5.41, 5.74) is 0. The molecule has 0 bridgehead atoms. The minimum atomic E-state index is -0.0662. The van der Waals surface area contributed by atoms with Crippen LogP contribution in [0.5, 0.6) is 0 Å². The lowest BCUT2D eigenvalue weighted by Gasteiger charge is -2.30. The van der Waals surface area contributed by atoms with Gasteiger partial charge in [-0.15, -0.1) is 0 Å². The normalized spacial score (nSPS) is 11.3. The van der Waals surface area contributed by atoms with E-state index in [1.165, 1.54) is 127 Å². The van der Waals surface area contributed by atoms with Gasteiger partial charge in [0.25, 0.3) is 0 Å². The van der Waals surface area contributed by atoms with Gasteiger partial charge in [-0.3, -0.25) is 4.79 Å². The number of hydrogen-bond acceptors (Lipinski definition) is 2. The van der Waals surface area contributed by atoms with Crippen molar-refractivity contribution >= 4 is 5.97 Å². The molecule has 182 valence electrons. The van der Waals surface area contributed by atoms with Crippen LogP contribution < -0.4 is 12.4 Å². The number of rotatable bonds is 22. The van der Waals surface area contributed by atoms with E-state index >= 15 is 0 Å². The summed E-state index contributed by atoms with van der Waals surface area (Å²) in [5, 5.41) is 0. The highest BCUT2D eigenvalue weighted by atomic mass is 35.5.